The van der Waals surface area contributed by atoms with Crippen molar-refractivity contribution in [2.24, 2.45) is 0 Å². The third-order valence-corrected chi connectivity index (χ3v) is 1.80. The molecular weight excluding hydrogens is 190 g/mol. The standard InChI is InChI=1S/C11H7N3O/c12-6-2-1-3-8-4-5-10-9(7-8)14-11(13)15-10/h4-5,7H,2H2,(H2,13,14). The van der Waals surface area contributed by atoms with Gasteiger partial charge in [0.25, 0.3) is 6.01 Å². The largest absolute Gasteiger partial charge is 0.424 e. The van der Waals surface area contributed by atoms with Crippen LogP contribution in [0.2, 0.25) is 0 Å². The second-order valence-electron chi connectivity index (χ2n) is 2.87. The summed E-state index contributed by atoms with van der Waals surface area (Å²) in [5, 5.41) is 8.32. The molecule has 15 heavy (non-hydrogen) atoms. The molecule has 0 aliphatic carbocycles. The highest BCUT2D eigenvalue weighted by Crippen LogP contribution is 2.17. The van der Waals surface area contributed by atoms with E-state index in [4.69, 9.17) is 15.4 Å². The summed E-state index contributed by atoms with van der Waals surface area (Å²) in [4.78, 5) is 3.98. The lowest BCUT2D eigenvalue weighted by Gasteiger charge is -1.88. The molecule has 4 nitrogen and oxygen atoms in total. The Balaban J connectivity index is 2.40. The molecule has 0 bridgehead atoms. The third-order valence-electron chi connectivity index (χ3n) is 1.80. The summed E-state index contributed by atoms with van der Waals surface area (Å²) in [5.41, 5.74) is 7.52. The number of aromatic nitrogens is 1. The normalized spacial score (nSPS) is 9.27. The predicted molar refractivity (Wildman–Crippen MR) is 55.5 cm³/mol. The van der Waals surface area contributed by atoms with Gasteiger partial charge in [-0.2, -0.15) is 10.2 Å². The molecule has 1 aromatic heterocycles. The second kappa shape index (κ2) is 3.73. The lowest BCUT2D eigenvalue weighted by Crippen LogP contribution is -1.80. The quantitative estimate of drug-likeness (QED) is 0.652. The molecule has 0 saturated heterocycles. The zero-order chi connectivity index (χ0) is 10.7. The average Bonchev–Trinajstić information content (AvgIpc) is 2.57. The summed E-state index contributed by atoms with van der Waals surface area (Å²) in [6.07, 6.45) is 0.221. The molecule has 72 valence electrons. The molecule has 0 atom stereocenters. The molecule has 1 heterocycles. The summed E-state index contributed by atoms with van der Waals surface area (Å²) in [5.74, 6) is 5.57. The van der Waals surface area contributed by atoms with Crippen molar-refractivity contribution in [2.75, 3.05) is 5.73 Å². The Morgan fingerprint density at radius 1 is 1.47 bits per heavy atom. The summed E-state index contributed by atoms with van der Waals surface area (Å²) < 4.78 is 5.11. The van der Waals surface area contributed by atoms with E-state index in [9.17, 15) is 0 Å². The van der Waals surface area contributed by atoms with Gasteiger partial charge in [-0.15, -0.1) is 0 Å². The first-order chi connectivity index (χ1) is 7.29. The monoisotopic (exact) mass is 197 g/mol. The zero-order valence-electron chi connectivity index (χ0n) is 7.82. The van der Waals surface area contributed by atoms with Gasteiger partial charge in [0.05, 0.1) is 12.5 Å². The van der Waals surface area contributed by atoms with Gasteiger partial charge in [0.15, 0.2) is 5.58 Å². The fraction of sp³-hybridized carbons (Fsp3) is 0.0909. The highest BCUT2D eigenvalue weighted by molar-refractivity contribution is 5.76. The molecule has 0 saturated carbocycles. The van der Waals surface area contributed by atoms with Crippen molar-refractivity contribution < 1.29 is 4.42 Å². The van der Waals surface area contributed by atoms with Gasteiger partial charge >= 0.3 is 0 Å². The van der Waals surface area contributed by atoms with E-state index >= 15 is 0 Å². The van der Waals surface area contributed by atoms with Crippen LogP contribution in [0.25, 0.3) is 11.1 Å². The van der Waals surface area contributed by atoms with E-state index in [0.717, 1.165) is 5.56 Å². The van der Waals surface area contributed by atoms with Crippen molar-refractivity contribution in [3.05, 3.63) is 23.8 Å². The highest BCUT2D eigenvalue weighted by Gasteiger charge is 2.01. The number of hydrogen-bond acceptors (Lipinski definition) is 4. The fourth-order valence-electron chi connectivity index (χ4n) is 1.21. The first-order valence-electron chi connectivity index (χ1n) is 4.31. The van der Waals surface area contributed by atoms with Gasteiger partial charge in [0.1, 0.15) is 5.52 Å². The van der Waals surface area contributed by atoms with E-state index in [-0.39, 0.29) is 12.4 Å². The highest BCUT2D eigenvalue weighted by atomic mass is 16.4. The minimum atomic E-state index is 0.145. The second-order valence-corrected chi connectivity index (χ2v) is 2.87. The maximum Gasteiger partial charge on any atom is 0.292 e. The lowest BCUT2D eigenvalue weighted by molar-refractivity contribution is 0.626. The SMILES string of the molecule is N#CCC#Cc1ccc2oc(N)nc2c1. The number of nitrogens with zero attached hydrogens (tertiary/aromatic N) is 2. The van der Waals surface area contributed by atoms with Crippen molar-refractivity contribution >= 4 is 17.1 Å². The number of nitriles is 1. The first-order valence-corrected chi connectivity index (χ1v) is 4.31. The molecule has 0 aliphatic rings. The lowest BCUT2D eigenvalue weighted by atomic mass is 10.2. The predicted octanol–water partition coefficient (Wildman–Crippen LogP) is 1.68. The molecule has 2 rings (SSSR count). The van der Waals surface area contributed by atoms with Gasteiger partial charge in [-0.3, -0.25) is 0 Å². The van der Waals surface area contributed by atoms with Crippen LogP contribution in [-0.2, 0) is 0 Å². The maximum atomic E-state index is 8.32. The van der Waals surface area contributed by atoms with Gasteiger partial charge in [0, 0.05) is 5.56 Å². The number of benzene rings is 1. The van der Waals surface area contributed by atoms with Crippen LogP contribution in [0, 0.1) is 23.2 Å². The molecule has 2 N–H and O–H groups in total. The minimum Gasteiger partial charge on any atom is -0.424 e. The number of hydrogen-bond donors (Lipinski definition) is 1. The molecule has 0 amide bonds. The molecule has 2 aromatic rings. The van der Waals surface area contributed by atoms with E-state index < -0.39 is 0 Å². The summed E-state index contributed by atoms with van der Waals surface area (Å²) >= 11 is 0. The van der Waals surface area contributed by atoms with Gasteiger partial charge in [-0.05, 0) is 18.2 Å². The molecule has 1 aromatic carbocycles. The Morgan fingerprint density at radius 2 is 2.33 bits per heavy atom. The van der Waals surface area contributed by atoms with Crippen molar-refractivity contribution in [3.8, 4) is 17.9 Å². The van der Waals surface area contributed by atoms with Gasteiger partial charge in [-0.1, -0.05) is 11.8 Å². The molecular formula is C11H7N3O. The van der Waals surface area contributed by atoms with Crippen molar-refractivity contribution in [1.29, 1.82) is 5.26 Å². The van der Waals surface area contributed by atoms with Gasteiger partial charge < -0.3 is 10.2 Å². The van der Waals surface area contributed by atoms with Crippen LogP contribution >= 0.6 is 0 Å². The molecule has 0 aliphatic heterocycles. The van der Waals surface area contributed by atoms with Crippen molar-refractivity contribution in [2.45, 2.75) is 6.42 Å². The van der Waals surface area contributed by atoms with Gasteiger partial charge in [-0.25, -0.2) is 0 Å². The summed E-state index contributed by atoms with van der Waals surface area (Å²) in [7, 11) is 0. The average molecular weight is 197 g/mol. The Bertz CT molecular complexity index is 596. The third kappa shape index (κ3) is 1.90. The molecule has 0 radical (unpaired) electrons. The van der Waals surface area contributed by atoms with Crippen LogP contribution in [0.15, 0.2) is 22.6 Å². The van der Waals surface area contributed by atoms with Crippen LogP contribution in [0.3, 0.4) is 0 Å². The number of oxazole rings is 1. The van der Waals surface area contributed by atoms with E-state index in [1.54, 1.807) is 18.2 Å². The number of fused-ring (bicyclic) bond motifs is 1. The smallest absolute Gasteiger partial charge is 0.292 e. The molecule has 4 heteroatoms. The number of nitrogens with two attached hydrogens (primary N) is 1. The van der Waals surface area contributed by atoms with E-state index in [2.05, 4.69) is 16.8 Å². The Kier molecular flexibility index (Phi) is 2.26. The van der Waals surface area contributed by atoms with Gasteiger partial charge in [0.2, 0.25) is 0 Å². The molecule has 0 fully saturated rings. The molecule has 0 unspecified atom stereocenters. The van der Waals surface area contributed by atoms with Crippen LogP contribution in [-0.4, -0.2) is 4.98 Å². The fourth-order valence-corrected chi connectivity index (χ4v) is 1.21. The summed E-state index contributed by atoms with van der Waals surface area (Å²) in [6, 6.07) is 7.44. The van der Waals surface area contributed by atoms with E-state index in [1.165, 1.54) is 0 Å². The maximum absolute atomic E-state index is 8.32. The summed E-state index contributed by atoms with van der Waals surface area (Å²) in [6.45, 7) is 0. The topological polar surface area (TPSA) is 75.8 Å². The first kappa shape index (κ1) is 9.11. The van der Waals surface area contributed by atoms with Crippen LogP contribution in [0.5, 0.6) is 0 Å². The Hall–Kier alpha value is -2.46. The number of nitrogen functional groups attached to an aromatic ring is 1. The Morgan fingerprint density at radius 3 is 3.13 bits per heavy atom. The zero-order valence-corrected chi connectivity index (χ0v) is 7.82. The van der Waals surface area contributed by atoms with Crippen LogP contribution < -0.4 is 5.73 Å². The number of rotatable bonds is 0. The van der Waals surface area contributed by atoms with Crippen molar-refractivity contribution in [1.82, 2.24) is 4.98 Å². The molecule has 0 spiro atoms. The minimum absolute atomic E-state index is 0.145. The van der Waals surface area contributed by atoms with Crippen LogP contribution in [0.1, 0.15) is 12.0 Å². The van der Waals surface area contributed by atoms with E-state index in [1.807, 2.05) is 6.07 Å². The van der Waals surface area contributed by atoms with E-state index in [0.29, 0.717) is 11.1 Å². The van der Waals surface area contributed by atoms with Crippen LogP contribution in [0.4, 0.5) is 6.01 Å². The van der Waals surface area contributed by atoms with Crippen molar-refractivity contribution in [3.63, 3.8) is 0 Å². The Labute approximate surface area is 86.3 Å². The number of anilines is 1.